The Kier molecular flexibility index (Phi) is 10.4. The summed E-state index contributed by atoms with van der Waals surface area (Å²) in [5, 5.41) is 9.79. The Balaban J connectivity index is 1.48. The van der Waals surface area contributed by atoms with Crippen LogP contribution in [0.15, 0.2) is 72.3 Å². The van der Waals surface area contributed by atoms with Crippen molar-refractivity contribution in [1.29, 1.82) is 0 Å². The quantitative estimate of drug-likeness (QED) is 0.224. The predicted molar refractivity (Wildman–Crippen MR) is 180 cm³/mol. The molecule has 0 saturated heterocycles. The van der Waals surface area contributed by atoms with E-state index in [2.05, 4.69) is 12.1 Å². The molecule has 46 heavy (non-hydrogen) atoms. The molecular weight excluding hydrogens is 580 g/mol. The van der Waals surface area contributed by atoms with E-state index in [1.807, 2.05) is 75.1 Å². The summed E-state index contributed by atoms with van der Waals surface area (Å²) in [6, 6.07) is 21.5. The second-order valence-corrected chi connectivity index (χ2v) is 13.3. The van der Waals surface area contributed by atoms with E-state index >= 15 is 0 Å². The van der Waals surface area contributed by atoms with E-state index in [-0.39, 0.29) is 24.2 Å². The van der Waals surface area contributed by atoms with Crippen LogP contribution in [-0.2, 0) is 20.8 Å². The van der Waals surface area contributed by atoms with Crippen molar-refractivity contribution in [2.24, 2.45) is 0 Å². The van der Waals surface area contributed by atoms with Gasteiger partial charge in [0.25, 0.3) is 5.91 Å². The molecule has 1 aliphatic carbocycles. The molecule has 0 aromatic heterocycles. The number of phenolic OH excluding ortho intramolecular Hbond substituents is 1. The molecule has 1 aliphatic heterocycles. The second kappa shape index (κ2) is 14.4. The van der Waals surface area contributed by atoms with Gasteiger partial charge < -0.3 is 29.1 Å². The summed E-state index contributed by atoms with van der Waals surface area (Å²) in [6.45, 7) is 9.87. The second-order valence-electron chi connectivity index (χ2n) is 13.3. The Labute approximate surface area is 272 Å². The van der Waals surface area contributed by atoms with Gasteiger partial charge in [-0.3, -0.25) is 4.79 Å². The molecule has 1 fully saturated rings. The monoisotopic (exact) mass is 626 g/mol. The SMILES string of the molecule is COCCCOc1cc(C)cc(CN(C(=O)C2=C(c3cccc(-c4ccc(O)cc4)c3)CCN(C(=O)OC(C)(C)C)C2)C2CC2)c1. The zero-order valence-corrected chi connectivity index (χ0v) is 27.7. The number of methoxy groups -OCH3 is 1. The first-order valence-corrected chi connectivity index (χ1v) is 16.1. The van der Waals surface area contributed by atoms with Crippen LogP contribution >= 0.6 is 0 Å². The van der Waals surface area contributed by atoms with Crippen molar-refractivity contribution in [1.82, 2.24) is 9.80 Å². The molecule has 1 saturated carbocycles. The number of rotatable bonds is 11. The molecule has 5 rings (SSSR count). The van der Waals surface area contributed by atoms with Gasteiger partial charge in [-0.15, -0.1) is 0 Å². The Morgan fingerprint density at radius 3 is 2.39 bits per heavy atom. The predicted octanol–water partition coefficient (Wildman–Crippen LogP) is 7.37. The van der Waals surface area contributed by atoms with Gasteiger partial charge in [-0.2, -0.15) is 0 Å². The smallest absolute Gasteiger partial charge is 0.410 e. The molecule has 0 spiro atoms. The number of carbonyl (C=O) groups is 2. The highest BCUT2D eigenvalue weighted by atomic mass is 16.6. The molecule has 2 amide bonds. The first-order valence-electron chi connectivity index (χ1n) is 16.1. The summed E-state index contributed by atoms with van der Waals surface area (Å²) in [5.41, 5.74) is 5.93. The minimum Gasteiger partial charge on any atom is -0.508 e. The molecule has 0 radical (unpaired) electrons. The third-order valence-electron chi connectivity index (χ3n) is 8.14. The van der Waals surface area contributed by atoms with Crippen molar-refractivity contribution >= 4 is 17.6 Å². The van der Waals surface area contributed by atoms with Gasteiger partial charge in [-0.1, -0.05) is 36.4 Å². The minimum atomic E-state index is -0.641. The zero-order valence-electron chi connectivity index (χ0n) is 27.7. The lowest BCUT2D eigenvalue weighted by atomic mass is 9.90. The molecule has 0 bridgehead atoms. The molecule has 8 heteroatoms. The number of carbonyl (C=O) groups excluding carboxylic acids is 2. The van der Waals surface area contributed by atoms with Gasteiger partial charge in [0.2, 0.25) is 0 Å². The first-order chi connectivity index (χ1) is 22.0. The molecular formula is C38H46N2O6. The number of aromatic hydroxyl groups is 1. The highest BCUT2D eigenvalue weighted by molar-refractivity contribution is 6.03. The van der Waals surface area contributed by atoms with Gasteiger partial charge >= 0.3 is 6.09 Å². The summed E-state index contributed by atoms with van der Waals surface area (Å²) in [5.74, 6) is 0.947. The number of amides is 2. The Bertz CT molecular complexity index is 1570. The summed E-state index contributed by atoms with van der Waals surface area (Å²) in [4.78, 5) is 31.5. The molecule has 1 N–H and O–H groups in total. The maximum Gasteiger partial charge on any atom is 0.410 e. The molecule has 3 aromatic carbocycles. The molecule has 244 valence electrons. The van der Waals surface area contributed by atoms with Gasteiger partial charge in [0, 0.05) is 44.8 Å². The first kappa shape index (κ1) is 33.1. The average Bonchev–Trinajstić information content (AvgIpc) is 3.86. The lowest BCUT2D eigenvalue weighted by molar-refractivity contribution is -0.128. The number of hydrogen-bond acceptors (Lipinski definition) is 6. The van der Waals surface area contributed by atoms with Crippen molar-refractivity contribution in [3.05, 3.63) is 89.0 Å². The largest absolute Gasteiger partial charge is 0.508 e. The van der Waals surface area contributed by atoms with Gasteiger partial charge in [-0.05, 0) is 111 Å². The van der Waals surface area contributed by atoms with Crippen LogP contribution in [-0.4, -0.2) is 72.0 Å². The van der Waals surface area contributed by atoms with E-state index in [4.69, 9.17) is 14.2 Å². The van der Waals surface area contributed by atoms with Crippen LogP contribution in [0.3, 0.4) is 0 Å². The maximum atomic E-state index is 14.6. The Morgan fingerprint density at radius 1 is 0.957 bits per heavy atom. The van der Waals surface area contributed by atoms with Crippen LogP contribution in [0.25, 0.3) is 16.7 Å². The summed E-state index contributed by atoms with van der Waals surface area (Å²) in [7, 11) is 1.68. The van der Waals surface area contributed by atoms with E-state index in [9.17, 15) is 14.7 Å². The number of aryl methyl sites for hydroxylation is 1. The van der Waals surface area contributed by atoms with Gasteiger partial charge in [-0.25, -0.2) is 4.79 Å². The van der Waals surface area contributed by atoms with Gasteiger partial charge in [0.05, 0.1) is 13.2 Å². The van der Waals surface area contributed by atoms with Crippen LogP contribution < -0.4 is 4.74 Å². The van der Waals surface area contributed by atoms with E-state index < -0.39 is 11.7 Å². The van der Waals surface area contributed by atoms with Crippen LogP contribution in [0.2, 0.25) is 0 Å². The summed E-state index contributed by atoms with van der Waals surface area (Å²) < 4.78 is 16.9. The van der Waals surface area contributed by atoms with Crippen molar-refractivity contribution in [3.63, 3.8) is 0 Å². The summed E-state index contributed by atoms with van der Waals surface area (Å²) >= 11 is 0. The molecule has 2 aliphatic rings. The molecule has 0 atom stereocenters. The van der Waals surface area contributed by atoms with E-state index in [1.165, 1.54) is 0 Å². The minimum absolute atomic E-state index is 0.0511. The lowest BCUT2D eigenvalue weighted by Crippen LogP contribution is -2.44. The van der Waals surface area contributed by atoms with Crippen molar-refractivity contribution in [2.75, 3.05) is 33.4 Å². The summed E-state index contributed by atoms with van der Waals surface area (Å²) in [6.07, 6.45) is 2.81. The van der Waals surface area contributed by atoms with Crippen molar-refractivity contribution < 1.29 is 28.9 Å². The van der Waals surface area contributed by atoms with Crippen LogP contribution in [0.4, 0.5) is 4.79 Å². The molecule has 3 aromatic rings. The van der Waals surface area contributed by atoms with E-state index in [0.29, 0.717) is 38.3 Å². The number of phenols is 1. The standard InChI is InChI=1S/C38H46N2O6/c1-26-20-27(22-33(21-26)45-19-7-18-44-5)24-40(31-12-13-31)36(42)35-25-39(37(43)46-38(2,3)4)17-16-34(35)30-9-6-8-29(23-30)28-10-14-32(41)15-11-28/h6,8-11,14-15,20-23,31,41H,7,12-13,16-19,24-25H2,1-5H3. The highest BCUT2D eigenvalue weighted by Crippen LogP contribution is 2.36. The Morgan fingerprint density at radius 2 is 1.70 bits per heavy atom. The van der Waals surface area contributed by atoms with E-state index in [1.54, 1.807) is 24.1 Å². The number of hydrogen-bond donors (Lipinski definition) is 1. The average molecular weight is 627 g/mol. The number of benzene rings is 3. The molecule has 0 unspecified atom stereocenters. The zero-order chi connectivity index (χ0) is 32.8. The van der Waals surface area contributed by atoms with E-state index in [0.717, 1.165) is 58.4 Å². The van der Waals surface area contributed by atoms with Crippen molar-refractivity contribution in [2.45, 2.75) is 71.6 Å². The lowest BCUT2D eigenvalue weighted by Gasteiger charge is -2.34. The highest BCUT2D eigenvalue weighted by Gasteiger charge is 2.38. The van der Waals surface area contributed by atoms with Crippen LogP contribution in [0.1, 0.15) is 63.1 Å². The topological polar surface area (TPSA) is 88.5 Å². The molecule has 1 heterocycles. The number of ether oxygens (including phenoxy) is 3. The fraction of sp³-hybridized carbons (Fsp3) is 0.421. The number of nitrogens with zero attached hydrogens (tertiary/aromatic N) is 2. The van der Waals surface area contributed by atoms with Crippen LogP contribution in [0.5, 0.6) is 11.5 Å². The fourth-order valence-electron chi connectivity index (χ4n) is 5.82. The third-order valence-corrected chi connectivity index (χ3v) is 8.14. The van der Waals surface area contributed by atoms with Gasteiger partial charge in [0.1, 0.15) is 17.1 Å². The third kappa shape index (κ3) is 8.69. The maximum absolute atomic E-state index is 14.6. The normalized spacial score (nSPS) is 15.1. The van der Waals surface area contributed by atoms with Crippen LogP contribution in [0, 0.1) is 6.92 Å². The molecule has 8 nitrogen and oxygen atoms in total. The fourth-order valence-corrected chi connectivity index (χ4v) is 5.82. The van der Waals surface area contributed by atoms with Crippen molar-refractivity contribution in [3.8, 4) is 22.6 Å². The Hall–Kier alpha value is -4.30. The van der Waals surface area contributed by atoms with Gasteiger partial charge in [0.15, 0.2) is 0 Å².